The van der Waals surface area contributed by atoms with Crippen LogP contribution in [0, 0.1) is 13.8 Å². The Labute approximate surface area is 237 Å². The van der Waals surface area contributed by atoms with Crippen LogP contribution in [-0.2, 0) is 4.79 Å². The number of amides is 3. The van der Waals surface area contributed by atoms with E-state index in [4.69, 9.17) is 16.6 Å². The first-order valence-corrected chi connectivity index (χ1v) is 13.2. The molecule has 2 N–H and O–H groups in total. The predicted molar refractivity (Wildman–Crippen MR) is 159 cm³/mol. The van der Waals surface area contributed by atoms with Gasteiger partial charge in [0, 0.05) is 27.4 Å². The fraction of sp³-hybridized carbons (Fsp3) is 0.125. The summed E-state index contributed by atoms with van der Waals surface area (Å²) in [4.78, 5) is 46.8. The van der Waals surface area contributed by atoms with Gasteiger partial charge in [-0.3, -0.25) is 9.59 Å². The van der Waals surface area contributed by atoms with E-state index in [0.717, 1.165) is 16.7 Å². The van der Waals surface area contributed by atoms with Crippen LogP contribution in [0.3, 0.4) is 0 Å². The molecule has 0 saturated carbocycles. The molecule has 7 nitrogen and oxygen atoms in total. The van der Waals surface area contributed by atoms with Gasteiger partial charge in [0.25, 0.3) is 5.91 Å². The Balaban J connectivity index is 1.54. The van der Waals surface area contributed by atoms with Crippen LogP contribution in [0.5, 0.6) is 0 Å². The van der Waals surface area contributed by atoms with Crippen molar-refractivity contribution in [3.05, 3.63) is 130 Å². The number of benzene rings is 4. The van der Waals surface area contributed by atoms with Crippen LogP contribution in [0.15, 0.2) is 102 Å². The number of ketones is 1. The number of halogens is 1. The number of hydrogen-bond donors (Lipinski definition) is 2. The summed E-state index contributed by atoms with van der Waals surface area (Å²) in [7, 11) is 0. The van der Waals surface area contributed by atoms with E-state index in [1.807, 2.05) is 74.5 Å². The Morgan fingerprint density at radius 3 is 2.33 bits per heavy atom. The number of anilines is 2. The Bertz CT molecular complexity index is 1630. The molecular formula is C32H27ClN4O3. The minimum absolute atomic E-state index is 0.214. The number of nitrogens with one attached hydrogen (secondary N) is 2. The quantitative estimate of drug-likeness (QED) is 0.281. The number of urea groups is 1. The van der Waals surface area contributed by atoms with Gasteiger partial charge in [0.15, 0.2) is 5.78 Å². The molecule has 0 aliphatic carbocycles. The fourth-order valence-corrected chi connectivity index (χ4v) is 4.90. The van der Waals surface area contributed by atoms with E-state index < -0.39 is 18.1 Å². The fourth-order valence-electron chi connectivity index (χ4n) is 4.68. The highest BCUT2D eigenvalue weighted by atomic mass is 35.5. The first kappa shape index (κ1) is 26.8. The zero-order chi connectivity index (χ0) is 28.2. The molecule has 200 valence electrons. The minimum Gasteiger partial charge on any atom is -0.308 e. The summed E-state index contributed by atoms with van der Waals surface area (Å²) in [6.45, 7) is 3.46. The van der Waals surface area contributed by atoms with Crippen LogP contribution in [0.2, 0.25) is 5.02 Å². The van der Waals surface area contributed by atoms with Crippen LogP contribution >= 0.6 is 11.6 Å². The summed E-state index contributed by atoms with van der Waals surface area (Å²) in [5.74, 6) is -0.743. The third kappa shape index (κ3) is 5.65. The number of benzodiazepines with no additional fused rings is 1. The lowest BCUT2D eigenvalue weighted by atomic mass is 9.99. The number of hydrogen-bond acceptors (Lipinski definition) is 4. The van der Waals surface area contributed by atoms with Crippen molar-refractivity contribution in [2.75, 3.05) is 16.8 Å². The molecular weight excluding hydrogens is 524 g/mol. The zero-order valence-corrected chi connectivity index (χ0v) is 22.8. The highest BCUT2D eigenvalue weighted by Gasteiger charge is 2.34. The van der Waals surface area contributed by atoms with Gasteiger partial charge in [0.2, 0.25) is 6.17 Å². The molecule has 1 heterocycles. The molecule has 0 bridgehead atoms. The number of nitrogens with zero attached hydrogens (tertiary/aromatic N) is 2. The van der Waals surface area contributed by atoms with Crippen molar-refractivity contribution in [2.24, 2.45) is 4.99 Å². The molecule has 1 atom stereocenters. The monoisotopic (exact) mass is 550 g/mol. The summed E-state index contributed by atoms with van der Waals surface area (Å²) in [6.07, 6.45) is -1.29. The van der Waals surface area contributed by atoms with E-state index in [1.165, 1.54) is 4.90 Å². The summed E-state index contributed by atoms with van der Waals surface area (Å²) < 4.78 is 0. The number of aliphatic imine (C=N–C) groups is 1. The number of para-hydroxylation sites is 1. The van der Waals surface area contributed by atoms with Gasteiger partial charge in [0.1, 0.15) is 0 Å². The van der Waals surface area contributed by atoms with E-state index in [2.05, 4.69) is 10.6 Å². The first-order valence-electron chi connectivity index (χ1n) is 12.8. The lowest BCUT2D eigenvalue weighted by Gasteiger charge is -2.25. The topological polar surface area (TPSA) is 90.9 Å². The average molecular weight is 551 g/mol. The molecule has 0 radical (unpaired) electrons. The van der Waals surface area contributed by atoms with Gasteiger partial charge < -0.3 is 15.5 Å². The van der Waals surface area contributed by atoms with E-state index in [0.29, 0.717) is 33.2 Å². The van der Waals surface area contributed by atoms with Gasteiger partial charge in [0.05, 0.1) is 17.9 Å². The van der Waals surface area contributed by atoms with E-state index in [1.54, 1.807) is 36.4 Å². The number of fused-ring (bicyclic) bond motifs is 1. The Morgan fingerprint density at radius 2 is 1.57 bits per heavy atom. The molecule has 0 unspecified atom stereocenters. The highest BCUT2D eigenvalue weighted by molar-refractivity contribution is 6.30. The molecule has 0 fully saturated rings. The van der Waals surface area contributed by atoms with Crippen LogP contribution in [0.25, 0.3) is 0 Å². The third-order valence-corrected chi connectivity index (χ3v) is 6.94. The molecule has 8 heteroatoms. The summed E-state index contributed by atoms with van der Waals surface area (Å²) in [5, 5.41) is 6.04. The maximum atomic E-state index is 14.0. The molecule has 4 aromatic carbocycles. The van der Waals surface area contributed by atoms with E-state index >= 15 is 0 Å². The van der Waals surface area contributed by atoms with Gasteiger partial charge in [-0.05, 0) is 49.2 Å². The minimum atomic E-state index is -1.29. The summed E-state index contributed by atoms with van der Waals surface area (Å²) in [6, 6.07) is 28.5. The van der Waals surface area contributed by atoms with Gasteiger partial charge >= 0.3 is 6.03 Å². The van der Waals surface area contributed by atoms with Gasteiger partial charge in [-0.1, -0.05) is 84.4 Å². The number of carbonyl (C=O) groups excluding carboxylic acids is 3. The van der Waals surface area contributed by atoms with Crippen molar-refractivity contribution >= 4 is 46.4 Å². The number of carbonyl (C=O) groups is 3. The Morgan fingerprint density at radius 1 is 0.875 bits per heavy atom. The summed E-state index contributed by atoms with van der Waals surface area (Å²) >= 11 is 6.05. The number of Topliss-reactive ketones (excluding diaryl/α,β-unsaturated/α-hetero) is 1. The van der Waals surface area contributed by atoms with Crippen LogP contribution < -0.4 is 15.5 Å². The van der Waals surface area contributed by atoms with Gasteiger partial charge in [-0.15, -0.1) is 0 Å². The molecule has 0 saturated heterocycles. The SMILES string of the molecule is Cc1cc(Cl)ccc1NC(=O)N[C@@H]1N=C(c2ccccc2)c2ccccc2N(CC(=O)c2ccccc2C)C1=O. The molecule has 1 aliphatic heterocycles. The van der Waals surface area contributed by atoms with Crippen molar-refractivity contribution in [2.45, 2.75) is 20.0 Å². The zero-order valence-electron chi connectivity index (χ0n) is 22.0. The van der Waals surface area contributed by atoms with Gasteiger partial charge in [-0.25, -0.2) is 9.79 Å². The molecule has 0 spiro atoms. The second-order valence-corrected chi connectivity index (χ2v) is 9.92. The number of aryl methyl sites for hydroxylation is 2. The molecule has 40 heavy (non-hydrogen) atoms. The van der Waals surface area contributed by atoms with Crippen molar-refractivity contribution in [3.63, 3.8) is 0 Å². The Kier molecular flexibility index (Phi) is 7.75. The van der Waals surface area contributed by atoms with Gasteiger partial charge in [-0.2, -0.15) is 0 Å². The lowest BCUT2D eigenvalue weighted by molar-refractivity contribution is -0.120. The lowest BCUT2D eigenvalue weighted by Crippen LogP contribution is -2.50. The number of rotatable bonds is 6. The second-order valence-electron chi connectivity index (χ2n) is 9.48. The molecule has 4 aromatic rings. The molecule has 3 amide bonds. The molecule has 1 aliphatic rings. The Hall–Kier alpha value is -4.75. The van der Waals surface area contributed by atoms with E-state index in [9.17, 15) is 14.4 Å². The summed E-state index contributed by atoms with van der Waals surface area (Å²) in [5.41, 5.74) is 5.18. The second kappa shape index (κ2) is 11.6. The van der Waals surface area contributed by atoms with Crippen molar-refractivity contribution in [1.29, 1.82) is 0 Å². The van der Waals surface area contributed by atoms with Crippen LogP contribution in [0.4, 0.5) is 16.2 Å². The maximum absolute atomic E-state index is 14.0. The highest BCUT2D eigenvalue weighted by Crippen LogP contribution is 2.29. The van der Waals surface area contributed by atoms with Crippen LogP contribution in [0.1, 0.15) is 32.6 Å². The van der Waals surface area contributed by atoms with Crippen molar-refractivity contribution in [1.82, 2.24) is 5.32 Å². The normalized spacial score (nSPS) is 14.6. The third-order valence-electron chi connectivity index (χ3n) is 6.71. The maximum Gasteiger partial charge on any atom is 0.321 e. The smallest absolute Gasteiger partial charge is 0.308 e. The van der Waals surface area contributed by atoms with E-state index in [-0.39, 0.29) is 12.3 Å². The molecule has 5 rings (SSSR count). The first-order chi connectivity index (χ1) is 19.3. The average Bonchev–Trinajstić information content (AvgIpc) is 3.06. The largest absolute Gasteiger partial charge is 0.321 e. The van der Waals surface area contributed by atoms with Crippen molar-refractivity contribution < 1.29 is 14.4 Å². The molecule has 0 aromatic heterocycles. The van der Waals surface area contributed by atoms with Crippen molar-refractivity contribution in [3.8, 4) is 0 Å². The predicted octanol–water partition coefficient (Wildman–Crippen LogP) is 6.17. The standard InChI is InChI=1S/C32H27ClN4O3/c1-20-10-6-7-13-24(20)28(38)19-37-27-15-9-8-14-25(27)29(22-11-4-3-5-12-22)35-30(31(37)39)36-32(40)34-26-17-16-23(33)18-21(26)2/h3-18,30H,19H2,1-2H3,(H2,34,36,40)/t30-/m0/s1. The van der Waals surface area contributed by atoms with Crippen LogP contribution in [-0.4, -0.2) is 36.1 Å².